The van der Waals surface area contributed by atoms with E-state index in [0.29, 0.717) is 11.4 Å². The van der Waals surface area contributed by atoms with E-state index in [-0.39, 0.29) is 0 Å². The lowest BCUT2D eigenvalue weighted by Gasteiger charge is -2.12. The van der Waals surface area contributed by atoms with Gasteiger partial charge in [-0.2, -0.15) is 5.10 Å². The van der Waals surface area contributed by atoms with Gasteiger partial charge in [0.15, 0.2) is 0 Å². The van der Waals surface area contributed by atoms with Crippen molar-refractivity contribution in [2.45, 2.75) is 45.6 Å². The quantitative estimate of drug-likeness (QED) is 0.887. The van der Waals surface area contributed by atoms with E-state index in [0.717, 1.165) is 30.7 Å². The Hall–Kier alpha value is -1.32. The molecule has 1 aromatic carbocycles. The fraction of sp³-hybridized carbons (Fsp3) is 0.471. The summed E-state index contributed by atoms with van der Waals surface area (Å²) in [4.78, 5) is 0. The number of aliphatic hydroxyl groups excluding tert-OH is 1. The third-order valence-corrected chi connectivity index (χ3v) is 4.38. The maximum Gasteiger partial charge on any atom is 0.0850 e. The molecule has 21 heavy (non-hydrogen) atoms. The van der Waals surface area contributed by atoms with E-state index < -0.39 is 6.10 Å². The van der Waals surface area contributed by atoms with Crippen molar-refractivity contribution in [3.05, 3.63) is 51.8 Å². The molecule has 0 aliphatic heterocycles. The van der Waals surface area contributed by atoms with Crippen molar-refractivity contribution in [1.82, 2.24) is 9.78 Å². The van der Waals surface area contributed by atoms with Gasteiger partial charge in [-0.25, -0.2) is 0 Å². The molecule has 0 saturated carbocycles. The molecule has 114 valence electrons. The van der Waals surface area contributed by atoms with Gasteiger partial charge < -0.3 is 5.11 Å². The predicted molar refractivity (Wildman–Crippen MR) is 86.8 cm³/mol. The second kappa shape index (κ2) is 7.10. The Kier molecular flexibility index (Phi) is 5.43. The van der Waals surface area contributed by atoms with Gasteiger partial charge >= 0.3 is 0 Å². The van der Waals surface area contributed by atoms with E-state index in [4.69, 9.17) is 11.6 Å². The van der Waals surface area contributed by atoms with E-state index >= 15 is 0 Å². The van der Waals surface area contributed by atoms with Crippen LogP contribution in [-0.4, -0.2) is 21.0 Å². The van der Waals surface area contributed by atoms with Gasteiger partial charge in [-0.05, 0) is 37.3 Å². The molecule has 2 aromatic rings. The van der Waals surface area contributed by atoms with E-state index in [1.165, 1.54) is 11.1 Å². The number of aryl methyl sites for hydroxylation is 4. The normalized spacial score (nSPS) is 12.6. The first kappa shape index (κ1) is 16.1. The molecule has 1 atom stereocenters. The highest BCUT2D eigenvalue weighted by molar-refractivity contribution is 6.31. The van der Waals surface area contributed by atoms with Crippen LogP contribution in [-0.2, 0) is 26.3 Å². The van der Waals surface area contributed by atoms with Gasteiger partial charge in [-0.15, -0.1) is 0 Å². The van der Waals surface area contributed by atoms with Crippen molar-refractivity contribution in [2.24, 2.45) is 7.05 Å². The molecule has 1 N–H and O–H groups in total. The Morgan fingerprint density at radius 3 is 2.67 bits per heavy atom. The van der Waals surface area contributed by atoms with Crippen LogP contribution in [0.15, 0.2) is 24.3 Å². The number of nitrogens with zero attached hydrogens (tertiary/aromatic N) is 2. The van der Waals surface area contributed by atoms with Crippen molar-refractivity contribution in [3.63, 3.8) is 0 Å². The highest BCUT2D eigenvalue weighted by Crippen LogP contribution is 2.23. The smallest absolute Gasteiger partial charge is 0.0850 e. The number of aliphatic hydroxyl groups is 1. The van der Waals surface area contributed by atoms with Gasteiger partial charge in [0.05, 0.1) is 22.5 Å². The lowest BCUT2D eigenvalue weighted by molar-refractivity contribution is 0.162. The lowest BCUT2D eigenvalue weighted by Crippen LogP contribution is -2.14. The zero-order chi connectivity index (χ0) is 15.4. The van der Waals surface area contributed by atoms with Crippen molar-refractivity contribution in [1.29, 1.82) is 0 Å². The van der Waals surface area contributed by atoms with Crippen LogP contribution in [0.2, 0.25) is 5.02 Å². The average Bonchev–Trinajstić information content (AvgIpc) is 2.74. The van der Waals surface area contributed by atoms with Crippen molar-refractivity contribution >= 4 is 11.6 Å². The second-order valence-electron chi connectivity index (χ2n) is 5.51. The van der Waals surface area contributed by atoms with Crippen molar-refractivity contribution in [2.75, 3.05) is 0 Å². The fourth-order valence-corrected chi connectivity index (χ4v) is 2.95. The van der Waals surface area contributed by atoms with E-state index in [1.54, 1.807) is 4.68 Å². The van der Waals surface area contributed by atoms with Crippen LogP contribution in [0, 0.1) is 6.92 Å². The van der Waals surface area contributed by atoms with Gasteiger partial charge in [-0.3, -0.25) is 4.68 Å². The topological polar surface area (TPSA) is 38.0 Å². The Balaban J connectivity index is 1.98. The summed E-state index contributed by atoms with van der Waals surface area (Å²) in [5.74, 6) is 0. The molecule has 0 spiro atoms. The largest absolute Gasteiger partial charge is 0.393 e. The summed E-state index contributed by atoms with van der Waals surface area (Å²) in [5, 5.41) is 15.4. The first-order chi connectivity index (χ1) is 10.0. The molecule has 0 aliphatic rings. The summed E-state index contributed by atoms with van der Waals surface area (Å²) >= 11 is 6.32. The molecule has 0 fully saturated rings. The van der Waals surface area contributed by atoms with Gasteiger partial charge in [0, 0.05) is 13.5 Å². The number of hydrogen-bond acceptors (Lipinski definition) is 2. The third kappa shape index (κ3) is 3.86. The van der Waals surface area contributed by atoms with Crippen LogP contribution < -0.4 is 0 Å². The first-order valence-electron chi connectivity index (χ1n) is 7.45. The highest BCUT2D eigenvalue weighted by atomic mass is 35.5. The molecular weight excluding hydrogens is 284 g/mol. The Morgan fingerprint density at radius 1 is 1.33 bits per heavy atom. The van der Waals surface area contributed by atoms with Crippen LogP contribution in [0.4, 0.5) is 0 Å². The Labute approximate surface area is 131 Å². The van der Waals surface area contributed by atoms with Gasteiger partial charge in [0.25, 0.3) is 0 Å². The number of aromatic nitrogens is 2. The van der Waals surface area contributed by atoms with Crippen molar-refractivity contribution in [3.8, 4) is 0 Å². The van der Waals surface area contributed by atoms with Crippen LogP contribution in [0.5, 0.6) is 0 Å². The van der Waals surface area contributed by atoms with Crippen LogP contribution in [0.3, 0.4) is 0 Å². The number of rotatable bonds is 6. The zero-order valence-corrected chi connectivity index (χ0v) is 13.7. The molecule has 0 aliphatic carbocycles. The lowest BCUT2D eigenvalue weighted by atomic mass is 10.00. The standard InChI is InChI=1S/C17H23ClN2O/c1-4-15-17(18)16(20(3)19-15)11-14(21)10-9-13-8-6-5-7-12(13)2/h5-8,14,21H,4,9-11H2,1-3H3. The molecule has 4 heteroatoms. The Bertz CT molecular complexity index is 607. The summed E-state index contributed by atoms with van der Waals surface area (Å²) in [5.41, 5.74) is 4.39. The molecule has 2 rings (SSSR count). The second-order valence-corrected chi connectivity index (χ2v) is 5.89. The Morgan fingerprint density at radius 2 is 2.05 bits per heavy atom. The highest BCUT2D eigenvalue weighted by Gasteiger charge is 2.16. The monoisotopic (exact) mass is 306 g/mol. The van der Waals surface area contributed by atoms with E-state index in [1.807, 2.05) is 26.1 Å². The van der Waals surface area contributed by atoms with Gasteiger partial charge in [0.2, 0.25) is 0 Å². The summed E-state index contributed by atoms with van der Waals surface area (Å²) in [6.07, 6.45) is 2.57. The molecule has 0 bridgehead atoms. The molecule has 0 saturated heterocycles. The molecule has 1 unspecified atom stereocenters. The molecule has 1 heterocycles. The fourth-order valence-electron chi connectivity index (χ4n) is 2.58. The molecule has 3 nitrogen and oxygen atoms in total. The molecular formula is C17H23ClN2O. The summed E-state index contributed by atoms with van der Waals surface area (Å²) < 4.78 is 1.79. The van der Waals surface area contributed by atoms with Crippen LogP contribution in [0.25, 0.3) is 0 Å². The molecule has 1 aromatic heterocycles. The molecule has 0 radical (unpaired) electrons. The number of benzene rings is 1. The summed E-state index contributed by atoms with van der Waals surface area (Å²) in [7, 11) is 1.88. The predicted octanol–water partition coefficient (Wildman–Crippen LogP) is 3.48. The van der Waals surface area contributed by atoms with Gasteiger partial charge in [-0.1, -0.05) is 42.8 Å². The minimum atomic E-state index is -0.401. The minimum Gasteiger partial charge on any atom is -0.393 e. The van der Waals surface area contributed by atoms with Crippen molar-refractivity contribution < 1.29 is 5.11 Å². The SMILES string of the molecule is CCc1nn(C)c(CC(O)CCc2ccccc2C)c1Cl. The first-order valence-corrected chi connectivity index (χ1v) is 7.83. The zero-order valence-electron chi connectivity index (χ0n) is 12.9. The van der Waals surface area contributed by atoms with E-state index in [2.05, 4.69) is 24.2 Å². The minimum absolute atomic E-state index is 0.401. The van der Waals surface area contributed by atoms with Crippen LogP contribution in [0.1, 0.15) is 35.9 Å². The van der Waals surface area contributed by atoms with E-state index in [9.17, 15) is 5.11 Å². The third-order valence-electron chi connectivity index (χ3n) is 3.94. The van der Waals surface area contributed by atoms with Gasteiger partial charge in [0.1, 0.15) is 0 Å². The number of hydrogen-bond donors (Lipinski definition) is 1. The summed E-state index contributed by atoms with van der Waals surface area (Å²) in [6.45, 7) is 4.14. The number of halogens is 1. The maximum atomic E-state index is 10.3. The summed E-state index contributed by atoms with van der Waals surface area (Å²) in [6, 6.07) is 8.30. The molecule has 0 amide bonds. The average molecular weight is 307 g/mol. The maximum absolute atomic E-state index is 10.3. The van der Waals surface area contributed by atoms with Crippen LogP contribution >= 0.6 is 11.6 Å².